The highest BCUT2D eigenvalue weighted by Crippen LogP contribution is 2.31. The van der Waals surface area contributed by atoms with E-state index in [1.807, 2.05) is 0 Å². The number of aryl methyl sites for hydroxylation is 1. The molecule has 0 aliphatic rings. The van der Waals surface area contributed by atoms with Crippen LogP contribution >= 0.6 is 38.9 Å². The number of anilines is 1. The number of benzene rings is 1. The van der Waals surface area contributed by atoms with Crippen molar-refractivity contribution in [2.75, 3.05) is 4.72 Å². The van der Waals surface area contributed by atoms with Gasteiger partial charge >= 0.3 is 5.97 Å². The van der Waals surface area contributed by atoms with Crippen LogP contribution < -0.4 is 4.72 Å². The Morgan fingerprint density at radius 3 is 2.62 bits per heavy atom. The van der Waals surface area contributed by atoms with Crippen LogP contribution in [0.15, 0.2) is 32.9 Å². The molecule has 0 bridgehead atoms. The van der Waals surface area contributed by atoms with Crippen LogP contribution in [0.5, 0.6) is 0 Å². The first-order valence-electron chi connectivity index (χ1n) is 5.51. The average molecular weight is 411 g/mol. The predicted octanol–water partition coefficient (Wildman–Crippen LogP) is 3.97. The van der Waals surface area contributed by atoms with Crippen LogP contribution in [-0.2, 0) is 10.0 Å². The van der Waals surface area contributed by atoms with Gasteiger partial charge in [-0.1, -0.05) is 11.6 Å². The van der Waals surface area contributed by atoms with E-state index >= 15 is 0 Å². The molecule has 0 unspecified atom stereocenters. The zero-order valence-corrected chi connectivity index (χ0v) is 14.5. The number of halogens is 2. The molecule has 1 heterocycles. The lowest BCUT2D eigenvalue weighted by Crippen LogP contribution is -2.12. The van der Waals surface area contributed by atoms with Gasteiger partial charge < -0.3 is 5.11 Å². The molecule has 0 amide bonds. The van der Waals surface area contributed by atoms with Gasteiger partial charge in [-0.05, 0) is 46.6 Å². The lowest BCUT2D eigenvalue weighted by atomic mass is 10.2. The van der Waals surface area contributed by atoms with Gasteiger partial charge in [0.25, 0.3) is 10.0 Å². The van der Waals surface area contributed by atoms with Crippen molar-refractivity contribution in [3.05, 3.63) is 43.5 Å². The van der Waals surface area contributed by atoms with Crippen LogP contribution in [0.4, 0.5) is 5.69 Å². The number of carbonyl (C=O) groups is 1. The Morgan fingerprint density at radius 2 is 2.05 bits per heavy atom. The number of carboxylic acids is 1. The van der Waals surface area contributed by atoms with Crippen LogP contribution in [0.25, 0.3) is 0 Å². The Labute approximate surface area is 138 Å². The van der Waals surface area contributed by atoms with Gasteiger partial charge in [-0.3, -0.25) is 4.72 Å². The monoisotopic (exact) mass is 409 g/mol. The minimum absolute atomic E-state index is 0.0450. The number of aromatic carboxylic acids is 1. The highest BCUT2D eigenvalue weighted by atomic mass is 79.9. The van der Waals surface area contributed by atoms with Crippen LogP contribution in [0.1, 0.15) is 15.2 Å². The van der Waals surface area contributed by atoms with Gasteiger partial charge in [0.1, 0.15) is 4.88 Å². The van der Waals surface area contributed by atoms with Crippen molar-refractivity contribution in [3.8, 4) is 0 Å². The first-order valence-corrected chi connectivity index (χ1v) is 9.04. The average Bonchev–Trinajstić information content (AvgIpc) is 2.86. The van der Waals surface area contributed by atoms with E-state index in [0.29, 0.717) is 9.50 Å². The van der Waals surface area contributed by atoms with Crippen LogP contribution in [0.2, 0.25) is 5.02 Å². The van der Waals surface area contributed by atoms with Crippen LogP contribution in [0.3, 0.4) is 0 Å². The van der Waals surface area contributed by atoms with Crippen molar-refractivity contribution < 1.29 is 18.3 Å². The Balaban J connectivity index is 2.37. The molecular formula is C12H9BrClNO4S2. The smallest absolute Gasteiger partial charge is 0.345 e. The van der Waals surface area contributed by atoms with Gasteiger partial charge in [-0.15, -0.1) is 11.3 Å². The summed E-state index contributed by atoms with van der Waals surface area (Å²) in [6.07, 6.45) is 0. The van der Waals surface area contributed by atoms with Crippen molar-refractivity contribution in [2.45, 2.75) is 11.8 Å². The maximum absolute atomic E-state index is 12.2. The molecule has 2 aromatic rings. The van der Waals surface area contributed by atoms with Gasteiger partial charge in [0.2, 0.25) is 0 Å². The summed E-state index contributed by atoms with van der Waals surface area (Å²) in [4.78, 5) is 10.7. The highest BCUT2D eigenvalue weighted by Gasteiger charge is 2.20. The molecule has 0 atom stereocenters. The summed E-state index contributed by atoms with van der Waals surface area (Å²) in [5.41, 5.74) is 1.09. The summed E-state index contributed by atoms with van der Waals surface area (Å²) < 4.78 is 27.4. The molecule has 1 aromatic heterocycles. The Kier molecular flexibility index (Phi) is 4.62. The molecule has 0 fully saturated rings. The predicted molar refractivity (Wildman–Crippen MR) is 86.0 cm³/mol. The van der Waals surface area contributed by atoms with Gasteiger partial charge in [-0.25, -0.2) is 13.2 Å². The third kappa shape index (κ3) is 3.57. The second kappa shape index (κ2) is 5.96. The molecule has 1 aromatic carbocycles. The van der Waals surface area contributed by atoms with E-state index in [-0.39, 0.29) is 15.5 Å². The number of nitrogens with one attached hydrogen (secondary N) is 1. The largest absolute Gasteiger partial charge is 0.477 e. The molecule has 0 aliphatic heterocycles. The number of thiophene rings is 1. The lowest BCUT2D eigenvalue weighted by Gasteiger charge is -2.10. The van der Waals surface area contributed by atoms with E-state index in [1.54, 1.807) is 13.0 Å². The lowest BCUT2D eigenvalue weighted by molar-refractivity contribution is 0.0702. The van der Waals surface area contributed by atoms with E-state index in [4.69, 9.17) is 16.7 Å². The molecule has 0 saturated heterocycles. The number of sulfonamides is 1. The summed E-state index contributed by atoms with van der Waals surface area (Å²) in [5, 5.41) is 10.5. The normalized spacial score (nSPS) is 11.4. The van der Waals surface area contributed by atoms with Gasteiger partial charge in [0, 0.05) is 14.9 Å². The van der Waals surface area contributed by atoms with Crippen molar-refractivity contribution in [1.82, 2.24) is 0 Å². The van der Waals surface area contributed by atoms with E-state index in [9.17, 15) is 13.2 Å². The molecule has 2 N–H and O–H groups in total. The molecule has 112 valence electrons. The van der Waals surface area contributed by atoms with E-state index in [1.165, 1.54) is 11.4 Å². The van der Waals surface area contributed by atoms with Crippen molar-refractivity contribution in [2.24, 2.45) is 0 Å². The Hall–Kier alpha value is -1.09. The summed E-state index contributed by atoms with van der Waals surface area (Å²) in [5.74, 6) is -1.17. The quantitative estimate of drug-likeness (QED) is 0.799. The van der Waals surface area contributed by atoms with E-state index in [0.717, 1.165) is 23.0 Å². The maximum Gasteiger partial charge on any atom is 0.345 e. The molecule has 0 spiro atoms. The molecule has 5 nitrogen and oxygen atoms in total. The fourth-order valence-corrected chi connectivity index (χ4v) is 4.53. The first-order chi connectivity index (χ1) is 9.70. The molecular weight excluding hydrogens is 402 g/mol. The zero-order valence-electron chi connectivity index (χ0n) is 10.6. The van der Waals surface area contributed by atoms with Crippen LogP contribution in [0, 0.1) is 6.92 Å². The van der Waals surface area contributed by atoms with E-state index < -0.39 is 16.0 Å². The number of hydrogen-bond donors (Lipinski definition) is 2. The molecule has 0 aliphatic carbocycles. The molecule has 0 radical (unpaired) electrons. The first kappa shape index (κ1) is 16.3. The topological polar surface area (TPSA) is 83.5 Å². The molecule has 21 heavy (non-hydrogen) atoms. The molecule has 9 heteroatoms. The van der Waals surface area contributed by atoms with Gasteiger partial charge in [0.05, 0.1) is 10.6 Å². The second-order valence-corrected chi connectivity index (χ2v) is 7.99. The number of hydrogen-bond acceptors (Lipinski definition) is 4. The minimum atomic E-state index is -3.87. The highest BCUT2D eigenvalue weighted by molar-refractivity contribution is 9.10. The van der Waals surface area contributed by atoms with Gasteiger partial charge in [0.15, 0.2) is 0 Å². The molecule has 0 saturated carbocycles. The van der Waals surface area contributed by atoms with Crippen molar-refractivity contribution in [3.63, 3.8) is 0 Å². The molecule has 2 rings (SSSR count). The fourth-order valence-electron chi connectivity index (χ4n) is 1.50. The standard InChI is InChI=1S/C12H9BrClNO4S2/c1-6-2-8(13)10(4-9(6)14)15-21(18,19)7-3-11(12(16)17)20-5-7/h2-5,15H,1H3,(H,16,17). The van der Waals surface area contributed by atoms with E-state index in [2.05, 4.69) is 20.7 Å². The third-order valence-corrected chi connectivity index (χ3v) is 6.06. The Morgan fingerprint density at radius 1 is 1.38 bits per heavy atom. The number of rotatable bonds is 4. The van der Waals surface area contributed by atoms with Gasteiger partial charge in [-0.2, -0.15) is 0 Å². The number of carboxylic acid groups (broad SMARTS) is 1. The van der Waals surface area contributed by atoms with Crippen molar-refractivity contribution in [1.29, 1.82) is 0 Å². The van der Waals surface area contributed by atoms with Crippen molar-refractivity contribution >= 4 is 60.5 Å². The fraction of sp³-hybridized carbons (Fsp3) is 0.0833. The summed E-state index contributed by atoms with van der Waals surface area (Å²) >= 11 is 10.1. The SMILES string of the molecule is Cc1cc(Br)c(NS(=O)(=O)c2csc(C(=O)O)c2)cc1Cl. The summed E-state index contributed by atoms with van der Waals surface area (Å²) in [7, 11) is -3.87. The zero-order chi connectivity index (χ0) is 15.8. The third-order valence-electron chi connectivity index (χ3n) is 2.59. The summed E-state index contributed by atoms with van der Waals surface area (Å²) in [6, 6.07) is 4.29. The second-order valence-electron chi connectivity index (χ2n) is 4.14. The maximum atomic E-state index is 12.2. The van der Waals surface area contributed by atoms with Crippen LogP contribution in [-0.4, -0.2) is 19.5 Å². The Bertz CT molecular complexity index is 817. The summed E-state index contributed by atoms with van der Waals surface area (Å²) in [6.45, 7) is 1.80. The minimum Gasteiger partial charge on any atom is -0.477 e.